The van der Waals surface area contributed by atoms with Crippen molar-refractivity contribution < 1.29 is 4.79 Å². The van der Waals surface area contributed by atoms with E-state index in [-0.39, 0.29) is 11.6 Å². The van der Waals surface area contributed by atoms with Crippen LogP contribution in [0, 0.1) is 0 Å². The molecule has 2 N–H and O–H groups in total. The van der Waals surface area contributed by atoms with E-state index >= 15 is 0 Å². The van der Waals surface area contributed by atoms with Crippen molar-refractivity contribution in [3.63, 3.8) is 0 Å². The molecule has 3 heterocycles. The van der Waals surface area contributed by atoms with Crippen LogP contribution in [0.3, 0.4) is 0 Å². The van der Waals surface area contributed by atoms with Crippen LogP contribution in [0.2, 0.25) is 0 Å². The molecular formula is C21H16N6O. The van der Waals surface area contributed by atoms with Crippen LogP contribution >= 0.6 is 0 Å². The van der Waals surface area contributed by atoms with Gasteiger partial charge < -0.3 is 10.6 Å². The van der Waals surface area contributed by atoms with Gasteiger partial charge in [0.25, 0.3) is 5.91 Å². The third kappa shape index (κ3) is 3.99. The molecule has 1 amide bonds. The second-order valence-electron chi connectivity index (χ2n) is 5.87. The Morgan fingerprint density at radius 3 is 2.43 bits per heavy atom. The van der Waals surface area contributed by atoms with Crippen molar-refractivity contribution in [3.8, 4) is 11.1 Å². The topological polar surface area (TPSA) is 92.7 Å². The second-order valence-corrected chi connectivity index (χ2v) is 5.87. The molecule has 0 atom stereocenters. The van der Waals surface area contributed by atoms with E-state index in [0.717, 1.165) is 16.8 Å². The van der Waals surface area contributed by atoms with Crippen molar-refractivity contribution in [2.45, 2.75) is 0 Å². The summed E-state index contributed by atoms with van der Waals surface area (Å²) in [6.07, 6.45) is 8.17. The maximum Gasteiger partial charge on any atom is 0.274 e. The molecule has 0 aliphatic carbocycles. The predicted molar refractivity (Wildman–Crippen MR) is 107 cm³/mol. The summed E-state index contributed by atoms with van der Waals surface area (Å²) >= 11 is 0. The highest BCUT2D eigenvalue weighted by Gasteiger charge is 2.13. The second kappa shape index (κ2) is 8.05. The largest absolute Gasteiger partial charge is 0.324 e. The molecule has 4 aromatic rings. The molecule has 3 aromatic heterocycles. The average molecular weight is 368 g/mol. The Hall–Kier alpha value is -4.13. The van der Waals surface area contributed by atoms with E-state index in [1.165, 1.54) is 6.20 Å². The Bertz CT molecular complexity index is 1090. The first-order valence-electron chi connectivity index (χ1n) is 8.60. The van der Waals surface area contributed by atoms with E-state index in [2.05, 4.69) is 30.6 Å². The van der Waals surface area contributed by atoms with Crippen LogP contribution in [0.15, 0.2) is 85.6 Å². The summed E-state index contributed by atoms with van der Waals surface area (Å²) in [5, 5.41) is 5.93. The van der Waals surface area contributed by atoms with Gasteiger partial charge >= 0.3 is 0 Å². The summed E-state index contributed by atoms with van der Waals surface area (Å²) < 4.78 is 0. The van der Waals surface area contributed by atoms with Crippen molar-refractivity contribution in [1.29, 1.82) is 0 Å². The van der Waals surface area contributed by atoms with Crippen molar-refractivity contribution in [2.75, 3.05) is 10.6 Å². The maximum atomic E-state index is 12.7. The van der Waals surface area contributed by atoms with Gasteiger partial charge in [-0.3, -0.25) is 14.8 Å². The monoisotopic (exact) mass is 368 g/mol. The van der Waals surface area contributed by atoms with E-state index in [9.17, 15) is 4.79 Å². The lowest BCUT2D eigenvalue weighted by Gasteiger charge is -2.11. The lowest BCUT2D eigenvalue weighted by atomic mass is 10.1. The van der Waals surface area contributed by atoms with Crippen molar-refractivity contribution >= 4 is 23.2 Å². The zero-order chi connectivity index (χ0) is 19.2. The smallest absolute Gasteiger partial charge is 0.274 e. The van der Waals surface area contributed by atoms with Gasteiger partial charge in [-0.15, -0.1) is 0 Å². The van der Waals surface area contributed by atoms with E-state index in [1.54, 1.807) is 43.0 Å². The fraction of sp³-hybridized carbons (Fsp3) is 0. The van der Waals surface area contributed by atoms with Crippen LogP contribution in [-0.4, -0.2) is 25.8 Å². The van der Waals surface area contributed by atoms with Gasteiger partial charge in [0.1, 0.15) is 5.69 Å². The van der Waals surface area contributed by atoms with Gasteiger partial charge in [0.2, 0.25) is 5.95 Å². The molecule has 28 heavy (non-hydrogen) atoms. The van der Waals surface area contributed by atoms with Crippen LogP contribution in [0.1, 0.15) is 10.5 Å². The van der Waals surface area contributed by atoms with Crippen LogP contribution in [-0.2, 0) is 0 Å². The van der Waals surface area contributed by atoms with Gasteiger partial charge in [-0.05, 0) is 29.8 Å². The molecule has 0 saturated heterocycles. The molecule has 1 aromatic carbocycles. The molecular weight excluding hydrogens is 352 g/mol. The Labute approximate surface area is 161 Å². The lowest BCUT2D eigenvalue weighted by Crippen LogP contribution is -2.15. The first-order chi connectivity index (χ1) is 13.8. The summed E-state index contributed by atoms with van der Waals surface area (Å²) in [5.74, 6) is -0.0151. The number of benzene rings is 1. The zero-order valence-electron chi connectivity index (χ0n) is 14.8. The number of amides is 1. The normalized spacial score (nSPS) is 10.3. The fourth-order valence-electron chi connectivity index (χ4n) is 2.66. The molecule has 7 nitrogen and oxygen atoms in total. The van der Waals surface area contributed by atoms with E-state index in [1.807, 2.05) is 36.4 Å². The number of nitrogens with one attached hydrogen (secondary N) is 2. The predicted octanol–water partition coefficient (Wildman–Crippen LogP) is 3.93. The van der Waals surface area contributed by atoms with Gasteiger partial charge in [-0.1, -0.05) is 30.3 Å². The Balaban J connectivity index is 1.56. The number of hydrogen-bond donors (Lipinski definition) is 2. The van der Waals surface area contributed by atoms with Gasteiger partial charge in [-0.25, -0.2) is 9.97 Å². The first kappa shape index (κ1) is 17.3. The molecule has 0 spiro atoms. The number of pyridine rings is 2. The third-order valence-corrected chi connectivity index (χ3v) is 3.98. The fourth-order valence-corrected chi connectivity index (χ4v) is 2.66. The van der Waals surface area contributed by atoms with Gasteiger partial charge in [0, 0.05) is 36.0 Å². The number of carbonyl (C=O) groups excluding carboxylic acids is 1. The van der Waals surface area contributed by atoms with Gasteiger partial charge in [0.05, 0.1) is 11.9 Å². The number of carbonyl (C=O) groups is 1. The third-order valence-electron chi connectivity index (χ3n) is 3.98. The van der Waals surface area contributed by atoms with E-state index < -0.39 is 0 Å². The highest BCUT2D eigenvalue weighted by atomic mass is 16.1. The Morgan fingerprint density at radius 1 is 0.821 bits per heavy atom. The maximum absolute atomic E-state index is 12.7. The molecule has 0 unspecified atom stereocenters. The van der Waals surface area contributed by atoms with Crippen molar-refractivity contribution in [3.05, 3.63) is 91.3 Å². The molecule has 0 saturated carbocycles. The van der Waals surface area contributed by atoms with Crippen LogP contribution < -0.4 is 10.6 Å². The molecule has 136 valence electrons. The van der Waals surface area contributed by atoms with E-state index in [0.29, 0.717) is 11.6 Å². The summed E-state index contributed by atoms with van der Waals surface area (Å²) in [7, 11) is 0. The van der Waals surface area contributed by atoms with Crippen LogP contribution in [0.25, 0.3) is 11.1 Å². The molecule has 4 rings (SSSR count). The van der Waals surface area contributed by atoms with Gasteiger partial charge in [-0.2, -0.15) is 0 Å². The molecule has 0 bridgehead atoms. The minimum atomic E-state index is -0.342. The molecule has 0 fully saturated rings. The highest BCUT2D eigenvalue weighted by molar-refractivity contribution is 6.05. The number of nitrogens with zero attached hydrogens (tertiary/aromatic N) is 4. The Morgan fingerprint density at radius 2 is 1.61 bits per heavy atom. The summed E-state index contributed by atoms with van der Waals surface area (Å²) in [6, 6.07) is 16.8. The summed E-state index contributed by atoms with van der Waals surface area (Å²) in [6.45, 7) is 0. The van der Waals surface area contributed by atoms with Crippen LogP contribution in [0.5, 0.6) is 0 Å². The van der Waals surface area contributed by atoms with E-state index in [4.69, 9.17) is 0 Å². The standard InChI is InChI=1S/C21H16N6O/c28-20(18-9-13-24-21(27-18)25-16-6-10-22-11-7-16)26-19-14-23-12-8-17(19)15-4-2-1-3-5-15/h1-14H,(H,26,28)(H,22,24,25,27). The van der Waals surface area contributed by atoms with Crippen molar-refractivity contribution in [1.82, 2.24) is 19.9 Å². The SMILES string of the molecule is O=C(Nc1cnccc1-c1ccccc1)c1ccnc(Nc2ccncc2)n1. The molecule has 0 aliphatic heterocycles. The highest BCUT2D eigenvalue weighted by Crippen LogP contribution is 2.27. The number of hydrogen-bond acceptors (Lipinski definition) is 6. The average Bonchev–Trinajstić information content (AvgIpc) is 2.76. The number of aromatic nitrogens is 4. The molecule has 0 radical (unpaired) electrons. The minimum absolute atomic E-state index is 0.245. The number of rotatable bonds is 5. The Kier molecular flexibility index (Phi) is 4.97. The minimum Gasteiger partial charge on any atom is -0.324 e. The van der Waals surface area contributed by atoms with Crippen LogP contribution in [0.4, 0.5) is 17.3 Å². The first-order valence-corrected chi connectivity index (χ1v) is 8.60. The van der Waals surface area contributed by atoms with Gasteiger partial charge in [0.15, 0.2) is 0 Å². The quantitative estimate of drug-likeness (QED) is 0.554. The zero-order valence-corrected chi connectivity index (χ0v) is 14.8. The summed E-state index contributed by atoms with van der Waals surface area (Å²) in [4.78, 5) is 29.3. The summed E-state index contributed by atoms with van der Waals surface area (Å²) in [5.41, 5.74) is 3.51. The molecule has 0 aliphatic rings. The number of anilines is 3. The lowest BCUT2D eigenvalue weighted by molar-refractivity contribution is 0.102. The molecule has 7 heteroatoms. The van der Waals surface area contributed by atoms with Crippen molar-refractivity contribution in [2.24, 2.45) is 0 Å².